The smallest absolute Gasteiger partial charge is 0.271 e. The molecule has 29 heavy (non-hydrogen) atoms. The Hall–Kier alpha value is -1.96. The minimum absolute atomic E-state index is 0. The lowest BCUT2D eigenvalue weighted by Gasteiger charge is -2.08. The predicted octanol–water partition coefficient (Wildman–Crippen LogP) is 6.44. The van der Waals surface area contributed by atoms with Crippen molar-refractivity contribution in [1.82, 2.24) is 5.32 Å². The number of furan rings is 1. The summed E-state index contributed by atoms with van der Waals surface area (Å²) in [6.07, 6.45) is 0. The van der Waals surface area contributed by atoms with Gasteiger partial charge in [-0.2, -0.15) is 0 Å². The number of hydrogen-bond acceptors (Lipinski definition) is 5. The van der Waals surface area contributed by atoms with Gasteiger partial charge in [0, 0.05) is 40.8 Å². The van der Waals surface area contributed by atoms with E-state index in [4.69, 9.17) is 39.2 Å². The summed E-state index contributed by atoms with van der Waals surface area (Å²) in [6.45, 7) is 1.78. The third-order valence-corrected chi connectivity index (χ3v) is 4.64. The summed E-state index contributed by atoms with van der Waals surface area (Å²) in [5.41, 5.74) is 1.42. The number of nitro benzene ring substituents is 1. The van der Waals surface area contributed by atoms with Crippen LogP contribution >= 0.6 is 47.2 Å². The summed E-state index contributed by atoms with van der Waals surface area (Å²) in [5.74, 6) is 1.47. The first-order valence-electron chi connectivity index (χ1n) is 8.36. The number of nitrogens with one attached hydrogen (secondary N) is 2. The molecule has 154 valence electrons. The highest BCUT2D eigenvalue weighted by Crippen LogP contribution is 2.29. The van der Waals surface area contributed by atoms with Gasteiger partial charge >= 0.3 is 0 Å². The van der Waals surface area contributed by atoms with Crippen LogP contribution in [0.4, 0.5) is 11.4 Å². The number of non-ortho nitro benzene ring substituents is 1. The number of nitrogens with zero attached hydrogens (tertiary/aromatic N) is 1. The van der Waals surface area contributed by atoms with Crippen LogP contribution in [0.15, 0.2) is 52.9 Å². The summed E-state index contributed by atoms with van der Waals surface area (Å²) < 4.78 is 5.81. The van der Waals surface area contributed by atoms with Crippen molar-refractivity contribution in [3.8, 4) is 11.3 Å². The third-order valence-electron chi connectivity index (χ3n) is 3.89. The van der Waals surface area contributed by atoms with E-state index in [9.17, 15) is 10.1 Å². The van der Waals surface area contributed by atoms with E-state index in [0.717, 1.165) is 11.3 Å². The second-order valence-electron chi connectivity index (χ2n) is 5.95. The van der Waals surface area contributed by atoms with Gasteiger partial charge in [0.05, 0.1) is 22.2 Å². The standard InChI is InChI=1S/C19H16Cl3N3O3.ClH/c20-13-7-12(8-14(21)9-13)19-4-2-16(28-19)11-23-5-6-24-18-3-1-15(25(26)27)10-17(18)22;/h1-4,7-10,23-24H,5-6,11H2;1H. The highest BCUT2D eigenvalue weighted by atomic mass is 35.5. The predicted molar refractivity (Wildman–Crippen MR) is 120 cm³/mol. The molecule has 0 fully saturated rings. The molecular weight excluding hydrogens is 460 g/mol. The van der Waals surface area contributed by atoms with Crippen LogP contribution in [0.2, 0.25) is 15.1 Å². The van der Waals surface area contributed by atoms with Crippen LogP contribution in [-0.2, 0) is 6.54 Å². The van der Waals surface area contributed by atoms with E-state index in [1.807, 2.05) is 12.1 Å². The molecule has 0 saturated carbocycles. The molecule has 1 heterocycles. The Morgan fingerprint density at radius 1 is 0.966 bits per heavy atom. The van der Waals surface area contributed by atoms with Gasteiger partial charge in [-0.3, -0.25) is 10.1 Å². The second kappa shape index (κ2) is 10.7. The van der Waals surface area contributed by atoms with Gasteiger partial charge in [-0.25, -0.2) is 0 Å². The average molecular weight is 477 g/mol. The lowest BCUT2D eigenvalue weighted by Crippen LogP contribution is -2.21. The quantitative estimate of drug-likeness (QED) is 0.222. The van der Waals surface area contributed by atoms with E-state index >= 15 is 0 Å². The molecule has 0 aliphatic heterocycles. The summed E-state index contributed by atoms with van der Waals surface area (Å²) in [5, 5.41) is 18.5. The average Bonchev–Trinajstić information content (AvgIpc) is 3.10. The molecule has 0 amide bonds. The second-order valence-corrected chi connectivity index (χ2v) is 7.23. The van der Waals surface area contributed by atoms with Crippen LogP contribution in [0.5, 0.6) is 0 Å². The fraction of sp³-hybridized carbons (Fsp3) is 0.158. The van der Waals surface area contributed by atoms with Crippen molar-refractivity contribution in [2.24, 2.45) is 0 Å². The van der Waals surface area contributed by atoms with Gasteiger partial charge in [0.1, 0.15) is 11.5 Å². The first-order valence-corrected chi connectivity index (χ1v) is 9.49. The van der Waals surface area contributed by atoms with Crippen molar-refractivity contribution < 1.29 is 9.34 Å². The number of hydrogen-bond donors (Lipinski definition) is 2. The molecule has 10 heteroatoms. The minimum atomic E-state index is -0.480. The van der Waals surface area contributed by atoms with E-state index in [1.165, 1.54) is 12.1 Å². The maximum Gasteiger partial charge on any atom is 0.271 e. The van der Waals surface area contributed by atoms with Gasteiger partial charge in [-0.1, -0.05) is 34.8 Å². The lowest BCUT2D eigenvalue weighted by molar-refractivity contribution is -0.384. The van der Waals surface area contributed by atoms with Crippen LogP contribution in [-0.4, -0.2) is 18.0 Å². The lowest BCUT2D eigenvalue weighted by atomic mass is 10.2. The molecule has 2 N–H and O–H groups in total. The van der Waals surface area contributed by atoms with E-state index < -0.39 is 4.92 Å². The highest BCUT2D eigenvalue weighted by molar-refractivity contribution is 6.35. The molecule has 0 bridgehead atoms. The van der Waals surface area contributed by atoms with Gasteiger partial charge in [0.15, 0.2) is 0 Å². The van der Waals surface area contributed by atoms with Crippen LogP contribution in [0.3, 0.4) is 0 Å². The Labute approximate surface area is 188 Å². The van der Waals surface area contributed by atoms with Crippen molar-refractivity contribution in [2.75, 3.05) is 18.4 Å². The Bertz CT molecular complexity index is 974. The van der Waals surface area contributed by atoms with E-state index in [1.54, 1.807) is 24.3 Å². The third kappa shape index (κ3) is 6.52. The zero-order valence-corrected chi connectivity index (χ0v) is 18.0. The molecule has 3 rings (SSSR count). The van der Waals surface area contributed by atoms with Crippen molar-refractivity contribution in [2.45, 2.75) is 6.54 Å². The molecule has 0 atom stereocenters. The van der Waals surface area contributed by atoms with Gasteiger partial charge in [0.2, 0.25) is 0 Å². The minimum Gasteiger partial charge on any atom is -0.460 e. The van der Waals surface area contributed by atoms with Gasteiger partial charge in [-0.15, -0.1) is 12.4 Å². The molecule has 0 aliphatic rings. The fourth-order valence-electron chi connectivity index (χ4n) is 2.58. The molecule has 0 saturated heterocycles. The molecule has 0 radical (unpaired) electrons. The summed E-state index contributed by atoms with van der Waals surface area (Å²) in [4.78, 5) is 10.2. The Morgan fingerprint density at radius 2 is 1.69 bits per heavy atom. The maximum absolute atomic E-state index is 10.7. The van der Waals surface area contributed by atoms with Crippen LogP contribution in [0.25, 0.3) is 11.3 Å². The van der Waals surface area contributed by atoms with Crippen molar-refractivity contribution in [1.29, 1.82) is 0 Å². The molecule has 6 nitrogen and oxygen atoms in total. The Balaban J connectivity index is 0.00000300. The van der Waals surface area contributed by atoms with Gasteiger partial charge in [-0.05, 0) is 36.4 Å². The first kappa shape index (κ1) is 23.3. The summed E-state index contributed by atoms with van der Waals surface area (Å²) in [6, 6.07) is 13.3. The van der Waals surface area contributed by atoms with E-state index in [0.29, 0.717) is 46.1 Å². The first-order chi connectivity index (χ1) is 13.4. The summed E-state index contributed by atoms with van der Waals surface area (Å²) in [7, 11) is 0. The Kier molecular flexibility index (Phi) is 8.61. The zero-order valence-electron chi connectivity index (χ0n) is 15.0. The highest BCUT2D eigenvalue weighted by Gasteiger charge is 2.09. The van der Waals surface area contributed by atoms with Crippen LogP contribution in [0.1, 0.15) is 5.76 Å². The van der Waals surface area contributed by atoms with E-state index in [-0.39, 0.29) is 18.1 Å². The molecule has 2 aromatic carbocycles. The largest absolute Gasteiger partial charge is 0.460 e. The van der Waals surface area contributed by atoms with Crippen LogP contribution < -0.4 is 10.6 Å². The van der Waals surface area contributed by atoms with E-state index in [2.05, 4.69) is 10.6 Å². The zero-order chi connectivity index (χ0) is 20.1. The number of rotatable bonds is 8. The topological polar surface area (TPSA) is 80.3 Å². The van der Waals surface area contributed by atoms with Crippen molar-refractivity contribution in [3.63, 3.8) is 0 Å². The van der Waals surface area contributed by atoms with Gasteiger partial charge < -0.3 is 15.1 Å². The number of nitro groups is 1. The van der Waals surface area contributed by atoms with Crippen LogP contribution in [0, 0.1) is 10.1 Å². The van der Waals surface area contributed by atoms with Crippen molar-refractivity contribution >= 4 is 58.6 Å². The fourth-order valence-corrected chi connectivity index (χ4v) is 3.35. The Morgan fingerprint density at radius 3 is 2.34 bits per heavy atom. The molecular formula is C19H17Cl4N3O3. The summed E-state index contributed by atoms with van der Waals surface area (Å²) >= 11 is 18.1. The normalized spacial score (nSPS) is 10.4. The molecule has 0 spiro atoms. The molecule has 3 aromatic rings. The maximum atomic E-state index is 10.7. The van der Waals surface area contributed by atoms with Crippen molar-refractivity contribution in [3.05, 3.63) is 79.5 Å². The molecule has 0 aliphatic carbocycles. The monoisotopic (exact) mass is 475 g/mol. The van der Waals surface area contributed by atoms with Gasteiger partial charge in [0.25, 0.3) is 5.69 Å². The number of benzene rings is 2. The molecule has 0 unspecified atom stereocenters. The SMILES string of the molecule is Cl.O=[N+]([O-])c1ccc(NCCNCc2ccc(-c3cc(Cl)cc(Cl)c3)o2)c(Cl)c1. The number of halogens is 4. The number of anilines is 1. The molecule has 1 aromatic heterocycles.